The van der Waals surface area contributed by atoms with Crippen LogP contribution in [0, 0.1) is 0 Å². The molecule has 9 rings (SSSR count). The molecule has 0 N–H and O–H groups in total. The van der Waals surface area contributed by atoms with Crippen molar-refractivity contribution in [3.63, 3.8) is 0 Å². The maximum absolute atomic E-state index is 6.45. The average molecular weight is 662 g/mol. The number of nitrogens with zero attached hydrogens (tertiary/aromatic N) is 3. The summed E-state index contributed by atoms with van der Waals surface area (Å²) in [5, 5.41) is 2.80. The highest BCUT2D eigenvalue weighted by atomic mass is 35.5. The van der Waals surface area contributed by atoms with E-state index in [0.717, 1.165) is 72.0 Å². The van der Waals surface area contributed by atoms with Gasteiger partial charge in [-0.1, -0.05) is 139 Å². The van der Waals surface area contributed by atoms with Crippen LogP contribution in [0.3, 0.4) is 0 Å². The fraction of sp³-hybridized carbons (Fsp3) is 0. The van der Waals surface area contributed by atoms with E-state index < -0.39 is 0 Å². The van der Waals surface area contributed by atoms with Crippen molar-refractivity contribution in [2.45, 2.75) is 0 Å². The molecule has 4 nitrogen and oxygen atoms in total. The minimum atomic E-state index is 0.553. The highest BCUT2D eigenvalue weighted by Crippen LogP contribution is 2.37. The second-order valence-corrected chi connectivity index (χ2v) is 12.6. The van der Waals surface area contributed by atoms with Gasteiger partial charge in [0.25, 0.3) is 0 Å². The largest absolute Gasteiger partial charge is 0.456 e. The quantitative estimate of drug-likeness (QED) is 0.178. The molecule has 0 atom stereocenters. The Morgan fingerprint density at radius 2 is 0.860 bits per heavy atom. The van der Waals surface area contributed by atoms with Crippen LogP contribution in [0.15, 0.2) is 174 Å². The molecular formula is C45H28ClN3O. The van der Waals surface area contributed by atoms with Gasteiger partial charge in [-0.25, -0.2) is 15.0 Å². The molecule has 0 saturated carbocycles. The Morgan fingerprint density at radius 3 is 1.58 bits per heavy atom. The molecule has 0 aliphatic heterocycles. The SMILES string of the molecule is Clc1cccc(-c2nc(-c3cccc(-c4ccc5oc6ccccc6c5c4)c3)nc(-c3ccc(-c4ccccc4)c(-c4ccccc4)c3)n2)c1. The molecule has 0 aliphatic rings. The van der Waals surface area contributed by atoms with Gasteiger partial charge in [-0.2, -0.15) is 0 Å². The van der Waals surface area contributed by atoms with Crippen molar-refractivity contribution < 1.29 is 4.42 Å². The molecule has 2 aromatic heterocycles. The van der Waals surface area contributed by atoms with Gasteiger partial charge in [0.1, 0.15) is 11.2 Å². The third kappa shape index (κ3) is 5.62. The van der Waals surface area contributed by atoms with Crippen molar-refractivity contribution in [1.82, 2.24) is 15.0 Å². The number of hydrogen-bond donors (Lipinski definition) is 0. The van der Waals surface area contributed by atoms with E-state index in [0.29, 0.717) is 22.5 Å². The lowest BCUT2D eigenvalue weighted by Gasteiger charge is -2.14. The second-order valence-electron chi connectivity index (χ2n) is 12.2. The number of hydrogen-bond acceptors (Lipinski definition) is 4. The van der Waals surface area contributed by atoms with E-state index in [2.05, 4.69) is 97.1 Å². The van der Waals surface area contributed by atoms with Gasteiger partial charge in [-0.05, 0) is 75.8 Å². The van der Waals surface area contributed by atoms with Gasteiger partial charge >= 0.3 is 0 Å². The molecule has 0 radical (unpaired) electrons. The summed E-state index contributed by atoms with van der Waals surface area (Å²) in [5.41, 5.74) is 11.0. The summed E-state index contributed by atoms with van der Waals surface area (Å²) in [6.45, 7) is 0. The molecule has 0 fully saturated rings. The molecule has 0 saturated heterocycles. The van der Waals surface area contributed by atoms with E-state index in [-0.39, 0.29) is 0 Å². The number of fused-ring (bicyclic) bond motifs is 3. The summed E-state index contributed by atoms with van der Waals surface area (Å²) in [5.74, 6) is 1.71. The highest BCUT2D eigenvalue weighted by molar-refractivity contribution is 6.30. The van der Waals surface area contributed by atoms with Crippen molar-refractivity contribution in [3.05, 3.63) is 175 Å². The van der Waals surface area contributed by atoms with Crippen LogP contribution in [-0.4, -0.2) is 15.0 Å². The number of benzene rings is 7. The molecular weight excluding hydrogens is 634 g/mol. The topological polar surface area (TPSA) is 51.8 Å². The third-order valence-electron chi connectivity index (χ3n) is 9.00. The lowest BCUT2D eigenvalue weighted by atomic mass is 9.92. The van der Waals surface area contributed by atoms with Crippen LogP contribution in [0.2, 0.25) is 5.02 Å². The van der Waals surface area contributed by atoms with Crippen LogP contribution in [0.25, 0.3) is 89.5 Å². The van der Waals surface area contributed by atoms with E-state index in [9.17, 15) is 0 Å². The Labute approximate surface area is 294 Å². The fourth-order valence-corrected chi connectivity index (χ4v) is 6.73. The number of furan rings is 1. The van der Waals surface area contributed by atoms with E-state index in [1.807, 2.05) is 72.8 Å². The Bertz CT molecular complexity index is 2670. The zero-order valence-corrected chi connectivity index (χ0v) is 27.5. The van der Waals surface area contributed by atoms with Crippen LogP contribution in [0.1, 0.15) is 0 Å². The molecule has 9 aromatic rings. The minimum Gasteiger partial charge on any atom is -0.456 e. The van der Waals surface area contributed by atoms with Crippen molar-refractivity contribution >= 4 is 33.5 Å². The summed E-state index contributed by atoms with van der Waals surface area (Å²) in [6.07, 6.45) is 0. The number of halogens is 1. The van der Waals surface area contributed by atoms with Gasteiger partial charge in [0.2, 0.25) is 0 Å². The summed E-state index contributed by atoms with van der Waals surface area (Å²) in [6, 6.07) is 57.8. The molecule has 0 unspecified atom stereocenters. The predicted molar refractivity (Wildman–Crippen MR) is 205 cm³/mol. The fourth-order valence-electron chi connectivity index (χ4n) is 6.54. The van der Waals surface area contributed by atoms with Crippen LogP contribution < -0.4 is 0 Å². The predicted octanol–water partition coefficient (Wildman–Crippen LogP) is 12.4. The van der Waals surface area contributed by atoms with Crippen molar-refractivity contribution in [2.24, 2.45) is 0 Å². The third-order valence-corrected chi connectivity index (χ3v) is 9.23. The molecule has 0 amide bonds. The molecule has 0 bridgehead atoms. The summed E-state index contributed by atoms with van der Waals surface area (Å²) in [4.78, 5) is 15.1. The first-order chi connectivity index (χ1) is 24.7. The normalized spacial score (nSPS) is 11.3. The molecule has 236 valence electrons. The Balaban J connectivity index is 1.20. The molecule has 2 heterocycles. The smallest absolute Gasteiger partial charge is 0.164 e. The Morgan fingerprint density at radius 1 is 0.340 bits per heavy atom. The number of rotatable bonds is 6. The molecule has 7 aromatic carbocycles. The zero-order chi connectivity index (χ0) is 33.4. The monoisotopic (exact) mass is 661 g/mol. The summed E-state index contributed by atoms with van der Waals surface area (Å²) in [7, 11) is 0. The molecule has 0 aliphatic carbocycles. The molecule has 0 spiro atoms. The Hall–Kier alpha value is -6.36. The highest BCUT2D eigenvalue weighted by Gasteiger charge is 2.16. The van der Waals surface area contributed by atoms with E-state index >= 15 is 0 Å². The van der Waals surface area contributed by atoms with Gasteiger partial charge in [-0.3, -0.25) is 0 Å². The maximum Gasteiger partial charge on any atom is 0.164 e. The lowest BCUT2D eigenvalue weighted by molar-refractivity contribution is 0.669. The van der Waals surface area contributed by atoms with E-state index in [1.54, 1.807) is 0 Å². The molecule has 50 heavy (non-hydrogen) atoms. The lowest BCUT2D eigenvalue weighted by Crippen LogP contribution is -2.01. The van der Waals surface area contributed by atoms with Gasteiger partial charge in [-0.15, -0.1) is 0 Å². The van der Waals surface area contributed by atoms with Crippen LogP contribution in [0.4, 0.5) is 0 Å². The van der Waals surface area contributed by atoms with Crippen molar-refractivity contribution in [1.29, 1.82) is 0 Å². The average Bonchev–Trinajstić information content (AvgIpc) is 3.56. The molecule has 5 heteroatoms. The second kappa shape index (κ2) is 12.6. The first-order valence-corrected chi connectivity index (χ1v) is 16.8. The van der Waals surface area contributed by atoms with Crippen LogP contribution in [0.5, 0.6) is 0 Å². The zero-order valence-electron chi connectivity index (χ0n) is 26.8. The van der Waals surface area contributed by atoms with Crippen LogP contribution >= 0.6 is 11.6 Å². The summed E-state index contributed by atoms with van der Waals surface area (Å²) >= 11 is 6.45. The van der Waals surface area contributed by atoms with Gasteiger partial charge in [0.15, 0.2) is 17.5 Å². The van der Waals surface area contributed by atoms with Crippen molar-refractivity contribution in [3.8, 4) is 67.5 Å². The van der Waals surface area contributed by atoms with E-state index in [4.69, 9.17) is 31.0 Å². The van der Waals surface area contributed by atoms with Gasteiger partial charge < -0.3 is 4.42 Å². The number of para-hydroxylation sites is 1. The first kappa shape index (κ1) is 29.8. The minimum absolute atomic E-state index is 0.553. The Kier molecular flexibility index (Phi) is 7.49. The van der Waals surface area contributed by atoms with E-state index in [1.165, 1.54) is 0 Å². The standard InChI is InChI=1S/C45H28ClN3O/c46-36-18-10-17-34(26-36)44-47-43(33-16-9-15-31(25-33)32-22-24-42-40(27-32)38-19-7-8-20-41(38)50-42)48-45(49-44)35-21-23-37(29-11-3-1-4-12-29)39(28-35)30-13-5-2-6-14-30/h1-28H. The van der Waals surface area contributed by atoms with Crippen LogP contribution in [-0.2, 0) is 0 Å². The number of aromatic nitrogens is 3. The van der Waals surface area contributed by atoms with Gasteiger partial charge in [0.05, 0.1) is 0 Å². The summed E-state index contributed by atoms with van der Waals surface area (Å²) < 4.78 is 6.09. The van der Waals surface area contributed by atoms with Crippen molar-refractivity contribution in [2.75, 3.05) is 0 Å². The maximum atomic E-state index is 6.45. The first-order valence-electron chi connectivity index (χ1n) is 16.5. The van der Waals surface area contributed by atoms with Gasteiger partial charge in [0, 0.05) is 32.5 Å².